The van der Waals surface area contributed by atoms with E-state index in [0.717, 1.165) is 5.39 Å². The number of hydrogen-bond acceptors (Lipinski definition) is 9. The predicted octanol–water partition coefficient (Wildman–Crippen LogP) is 1.56. The molecule has 1 aliphatic heterocycles. The first-order valence-electron chi connectivity index (χ1n) is 11.3. The lowest BCUT2D eigenvalue weighted by Crippen LogP contribution is -2.51. The highest BCUT2D eigenvalue weighted by atomic mass is 16.6. The van der Waals surface area contributed by atoms with Crippen molar-refractivity contribution in [3.63, 3.8) is 0 Å². The fourth-order valence-corrected chi connectivity index (χ4v) is 3.78. The van der Waals surface area contributed by atoms with Gasteiger partial charge in [-0.15, -0.1) is 0 Å². The van der Waals surface area contributed by atoms with Crippen LogP contribution in [-0.2, 0) is 23.8 Å². The number of aliphatic hydroxyl groups excluding tert-OH is 2. The van der Waals surface area contributed by atoms with Gasteiger partial charge >= 0.3 is 11.9 Å². The molecule has 0 bridgehead atoms. The number of carbonyl (C=O) groups excluding carboxylic acids is 3. The average molecular weight is 488 g/mol. The second kappa shape index (κ2) is 12.2. The standard InChI is InChI=1S/C25H29NO9/c1-15(28)26-19-9-10-21(35-23(19)20(29)11-12-27)25(32)34-14-4-13-33-24(31)18-8-7-16-5-2-3-6-17(16)22(18)30/h2-3,5-8,10,19-20,23,27,29-30H,4,9,11-14H2,1H3,(H,26,28)/t19-,20-,23-/m1/s1. The van der Waals surface area contributed by atoms with Crippen LogP contribution in [0.1, 0.15) is 36.5 Å². The quantitative estimate of drug-likeness (QED) is 0.289. The van der Waals surface area contributed by atoms with E-state index in [0.29, 0.717) is 5.39 Å². The van der Waals surface area contributed by atoms with Crippen molar-refractivity contribution in [3.05, 3.63) is 53.8 Å². The van der Waals surface area contributed by atoms with Gasteiger partial charge in [-0.05, 0) is 23.9 Å². The van der Waals surface area contributed by atoms with Crippen molar-refractivity contribution >= 4 is 28.6 Å². The summed E-state index contributed by atoms with van der Waals surface area (Å²) < 4.78 is 15.9. The van der Waals surface area contributed by atoms with Crippen LogP contribution in [-0.4, -0.2) is 71.2 Å². The molecule has 2 aromatic rings. The van der Waals surface area contributed by atoms with Crippen LogP contribution in [0, 0.1) is 0 Å². The average Bonchev–Trinajstić information content (AvgIpc) is 2.84. The zero-order valence-corrected chi connectivity index (χ0v) is 19.3. The molecule has 10 heteroatoms. The minimum atomic E-state index is -1.10. The number of nitrogens with one attached hydrogen (secondary N) is 1. The van der Waals surface area contributed by atoms with Gasteiger partial charge in [-0.1, -0.05) is 30.3 Å². The lowest BCUT2D eigenvalue weighted by atomic mass is 9.97. The van der Waals surface area contributed by atoms with Crippen molar-refractivity contribution in [1.29, 1.82) is 0 Å². The van der Waals surface area contributed by atoms with Gasteiger partial charge in [0.15, 0.2) is 0 Å². The van der Waals surface area contributed by atoms with E-state index < -0.39 is 30.2 Å². The van der Waals surface area contributed by atoms with Gasteiger partial charge < -0.3 is 34.8 Å². The van der Waals surface area contributed by atoms with Gasteiger partial charge in [-0.25, -0.2) is 9.59 Å². The fraction of sp³-hybridized carbons (Fsp3) is 0.400. The molecule has 10 nitrogen and oxygen atoms in total. The SMILES string of the molecule is CC(=O)N[C@@H]1CC=C(C(=O)OCCCOC(=O)c2ccc3ccccc3c2O)O[C@H]1[C@H](O)CCO. The monoisotopic (exact) mass is 487 g/mol. The van der Waals surface area contributed by atoms with Crippen LogP contribution >= 0.6 is 0 Å². The lowest BCUT2D eigenvalue weighted by Gasteiger charge is -2.34. The van der Waals surface area contributed by atoms with Crippen molar-refractivity contribution in [3.8, 4) is 5.75 Å². The number of ether oxygens (including phenoxy) is 3. The van der Waals surface area contributed by atoms with Gasteiger partial charge in [0.25, 0.3) is 0 Å². The highest BCUT2D eigenvalue weighted by Gasteiger charge is 2.35. The van der Waals surface area contributed by atoms with Crippen LogP contribution < -0.4 is 5.32 Å². The Balaban J connectivity index is 1.47. The first kappa shape index (κ1) is 26.0. The number of carbonyl (C=O) groups is 3. The van der Waals surface area contributed by atoms with Gasteiger partial charge in [-0.3, -0.25) is 4.79 Å². The number of phenolic OH excluding ortho intramolecular Hbond substituents is 1. The van der Waals surface area contributed by atoms with E-state index in [-0.39, 0.29) is 62.1 Å². The molecule has 3 rings (SSSR count). The van der Waals surface area contributed by atoms with Crippen molar-refractivity contribution in [2.24, 2.45) is 0 Å². The normalized spacial score (nSPS) is 18.2. The van der Waals surface area contributed by atoms with Gasteiger partial charge in [0.05, 0.1) is 25.4 Å². The largest absolute Gasteiger partial charge is 0.506 e. The molecular weight excluding hydrogens is 458 g/mol. The Kier molecular flexibility index (Phi) is 9.04. The Morgan fingerprint density at radius 1 is 1.11 bits per heavy atom. The first-order chi connectivity index (χ1) is 16.8. The summed E-state index contributed by atoms with van der Waals surface area (Å²) >= 11 is 0. The van der Waals surface area contributed by atoms with Crippen molar-refractivity contribution in [2.45, 2.75) is 44.4 Å². The van der Waals surface area contributed by atoms with Gasteiger partial charge in [0, 0.05) is 31.8 Å². The fourth-order valence-electron chi connectivity index (χ4n) is 3.78. The molecule has 1 aliphatic rings. The van der Waals surface area contributed by atoms with Crippen molar-refractivity contribution < 1.29 is 43.9 Å². The number of fused-ring (bicyclic) bond motifs is 1. The van der Waals surface area contributed by atoms with Crippen molar-refractivity contribution in [2.75, 3.05) is 19.8 Å². The second-order valence-corrected chi connectivity index (χ2v) is 8.08. The van der Waals surface area contributed by atoms with E-state index in [1.807, 2.05) is 12.1 Å². The highest BCUT2D eigenvalue weighted by molar-refractivity contribution is 6.01. The molecule has 0 fully saturated rings. The van der Waals surface area contributed by atoms with Gasteiger partial charge in [0.2, 0.25) is 11.7 Å². The Bertz CT molecular complexity index is 1100. The number of aromatic hydroxyl groups is 1. The molecule has 0 saturated carbocycles. The third-order valence-electron chi connectivity index (χ3n) is 5.49. The van der Waals surface area contributed by atoms with Gasteiger partial charge in [0.1, 0.15) is 17.4 Å². The van der Waals surface area contributed by atoms with E-state index in [1.54, 1.807) is 18.2 Å². The summed E-state index contributed by atoms with van der Waals surface area (Å²) in [5.74, 6) is -2.03. The summed E-state index contributed by atoms with van der Waals surface area (Å²) in [6.45, 7) is 0.945. The molecule has 1 heterocycles. The number of aliphatic hydroxyl groups is 2. The smallest absolute Gasteiger partial charge is 0.373 e. The molecule has 188 valence electrons. The first-order valence-corrected chi connectivity index (χ1v) is 11.3. The molecule has 2 aromatic carbocycles. The minimum Gasteiger partial charge on any atom is -0.506 e. The molecule has 0 unspecified atom stereocenters. The molecule has 0 aliphatic carbocycles. The molecule has 4 N–H and O–H groups in total. The van der Waals surface area contributed by atoms with E-state index in [1.165, 1.54) is 19.1 Å². The molecule has 35 heavy (non-hydrogen) atoms. The summed E-state index contributed by atoms with van der Waals surface area (Å²) in [5.41, 5.74) is 0.0441. The number of hydrogen-bond donors (Lipinski definition) is 4. The Morgan fingerprint density at radius 3 is 2.54 bits per heavy atom. The summed E-state index contributed by atoms with van der Waals surface area (Å²) in [6.07, 6.45) is -0.0863. The van der Waals surface area contributed by atoms with E-state index in [2.05, 4.69) is 5.32 Å². The van der Waals surface area contributed by atoms with Gasteiger partial charge in [-0.2, -0.15) is 0 Å². The maximum absolute atomic E-state index is 12.4. The zero-order valence-electron chi connectivity index (χ0n) is 19.3. The number of rotatable bonds is 10. The Hall–Kier alpha value is -3.63. The van der Waals surface area contributed by atoms with Crippen molar-refractivity contribution in [1.82, 2.24) is 5.32 Å². The zero-order chi connectivity index (χ0) is 25.4. The molecule has 0 saturated heterocycles. The second-order valence-electron chi connectivity index (χ2n) is 8.08. The summed E-state index contributed by atoms with van der Waals surface area (Å²) in [5, 5.41) is 33.7. The topological polar surface area (TPSA) is 152 Å². The van der Waals surface area contributed by atoms with Crippen LogP contribution in [0.4, 0.5) is 0 Å². The minimum absolute atomic E-state index is 0.0151. The maximum Gasteiger partial charge on any atom is 0.373 e. The summed E-state index contributed by atoms with van der Waals surface area (Å²) in [7, 11) is 0. The van der Waals surface area contributed by atoms with E-state index >= 15 is 0 Å². The molecule has 0 spiro atoms. The van der Waals surface area contributed by atoms with Crippen LogP contribution in [0.2, 0.25) is 0 Å². The Labute approximate surface area is 202 Å². The molecule has 1 amide bonds. The molecule has 0 aromatic heterocycles. The number of benzene rings is 2. The predicted molar refractivity (Wildman–Crippen MR) is 124 cm³/mol. The third-order valence-corrected chi connectivity index (χ3v) is 5.49. The number of phenols is 1. The van der Waals surface area contributed by atoms with E-state index in [4.69, 9.17) is 19.3 Å². The molecular formula is C25H29NO9. The Morgan fingerprint density at radius 2 is 1.83 bits per heavy atom. The van der Waals surface area contributed by atoms with Crippen LogP contribution in [0.5, 0.6) is 5.75 Å². The van der Waals surface area contributed by atoms with Crippen LogP contribution in [0.3, 0.4) is 0 Å². The lowest BCUT2D eigenvalue weighted by molar-refractivity contribution is -0.147. The third kappa shape index (κ3) is 6.71. The highest BCUT2D eigenvalue weighted by Crippen LogP contribution is 2.29. The van der Waals surface area contributed by atoms with Crippen LogP contribution in [0.15, 0.2) is 48.2 Å². The van der Waals surface area contributed by atoms with E-state index in [9.17, 15) is 24.6 Å². The summed E-state index contributed by atoms with van der Waals surface area (Å²) in [4.78, 5) is 36.1. The summed E-state index contributed by atoms with van der Waals surface area (Å²) in [6, 6.07) is 9.75. The number of amides is 1. The maximum atomic E-state index is 12.4. The molecule has 3 atom stereocenters. The van der Waals surface area contributed by atoms with Crippen LogP contribution in [0.25, 0.3) is 10.8 Å². The number of esters is 2. The molecule has 0 radical (unpaired) electrons.